The van der Waals surface area contributed by atoms with Crippen molar-refractivity contribution in [3.05, 3.63) is 304 Å². The van der Waals surface area contributed by atoms with Gasteiger partial charge in [-0.05, 0) is 169 Å². The molecule has 0 unspecified atom stereocenters. The fraction of sp³-hybridized carbons (Fsp3) is 0. The molecule has 0 fully saturated rings. The molecule has 6 heteroatoms. The number of para-hydroxylation sites is 1. The zero-order valence-electron chi connectivity index (χ0n) is 45.5. The highest BCUT2D eigenvalue weighted by Gasteiger charge is 2.18. The Morgan fingerprint density at radius 1 is 0.250 bits per heavy atom. The van der Waals surface area contributed by atoms with E-state index >= 15 is 0 Å². The highest BCUT2D eigenvalue weighted by atomic mass is 32.1. The van der Waals surface area contributed by atoms with Crippen LogP contribution in [0.15, 0.2) is 304 Å². The van der Waals surface area contributed by atoms with Crippen LogP contribution in [0.4, 0.5) is 34.1 Å². The predicted molar refractivity (Wildman–Crippen MR) is 359 cm³/mol. The van der Waals surface area contributed by atoms with Crippen LogP contribution in [0.3, 0.4) is 0 Å². The summed E-state index contributed by atoms with van der Waals surface area (Å²) in [4.78, 5) is 14.3. The summed E-state index contributed by atoms with van der Waals surface area (Å²) >= 11 is 3.63. The molecule has 0 aliphatic carbocycles. The Morgan fingerprint density at radius 2 is 0.726 bits per heavy atom. The molecule has 0 amide bonds. The lowest BCUT2D eigenvalue weighted by Gasteiger charge is -2.26. The van der Waals surface area contributed by atoms with Crippen LogP contribution >= 0.6 is 22.7 Å². The first kappa shape index (κ1) is 49.3. The third-order valence-corrected chi connectivity index (χ3v) is 18.7. The molecular weight excluding hydrogens is 1060 g/mol. The average molecular weight is 1110 g/mol. The number of hydrogen-bond acceptors (Lipinski definition) is 6. The lowest BCUT2D eigenvalue weighted by atomic mass is 9.95. The van der Waals surface area contributed by atoms with Crippen molar-refractivity contribution >= 4 is 119 Å². The van der Waals surface area contributed by atoms with E-state index in [4.69, 9.17) is 4.98 Å². The van der Waals surface area contributed by atoms with E-state index in [-0.39, 0.29) is 0 Å². The molecule has 12 aromatic carbocycles. The minimum atomic E-state index is 1.06. The van der Waals surface area contributed by atoms with Crippen LogP contribution in [0.25, 0.3) is 118 Å². The average Bonchev–Trinajstić information content (AvgIpc) is 2.90. The smallest absolute Gasteiger partial charge is 0.0888 e. The molecule has 0 saturated carbocycles. The molecule has 84 heavy (non-hydrogen) atoms. The molecule has 16 aromatic rings. The molecule has 0 spiro atoms. The fourth-order valence-electron chi connectivity index (χ4n) is 12.1. The van der Waals surface area contributed by atoms with Crippen molar-refractivity contribution < 1.29 is 0 Å². The van der Waals surface area contributed by atoms with Gasteiger partial charge in [0.15, 0.2) is 0 Å². The standard InChI is InChI=1S/C78H50N4S2/c1-2-14-62(15-3-1)81(66-42-31-56(32-43-66)72-49-79-50-73-70-16-6-8-19-74(70)84-78(72)73)63-34-25-53(26-35-63)59-33-44-69-60(46-59)13-10-18-68(69)55-29-40-67(41-30-55)82(64-36-23-52(24-37-64)58-22-21-51-11-4-5-12-57(51)45-58)65-38-27-54(28-39-65)61-47-76-77(80-48-61)71-17-7-9-20-75(71)83-76/h1-50H. The Bertz CT molecular complexity index is 5110. The molecule has 0 aliphatic rings. The number of benzene rings is 12. The van der Waals surface area contributed by atoms with Crippen molar-refractivity contribution in [3.8, 4) is 55.6 Å². The quantitative estimate of drug-likeness (QED) is 0.129. The Hall–Kier alpha value is -10.5. The van der Waals surface area contributed by atoms with Crippen molar-refractivity contribution in [3.63, 3.8) is 0 Å². The molecule has 4 nitrogen and oxygen atoms in total. The van der Waals surface area contributed by atoms with Crippen molar-refractivity contribution in [2.75, 3.05) is 9.80 Å². The van der Waals surface area contributed by atoms with Crippen molar-refractivity contribution in [2.24, 2.45) is 0 Å². The van der Waals surface area contributed by atoms with E-state index < -0.39 is 0 Å². The van der Waals surface area contributed by atoms with Gasteiger partial charge in [-0.2, -0.15) is 0 Å². The highest BCUT2D eigenvalue weighted by Crippen LogP contribution is 2.44. The van der Waals surface area contributed by atoms with Gasteiger partial charge in [0.25, 0.3) is 0 Å². The second-order valence-corrected chi connectivity index (χ2v) is 23.5. The Kier molecular flexibility index (Phi) is 12.2. The van der Waals surface area contributed by atoms with Gasteiger partial charge in [-0.15, -0.1) is 22.7 Å². The second-order valence-electron chi connectivity index (χ2n) is 21.4. The molecule has 16 rings (SSSR count). The maximum Gasteiger partial charge on any atom is 0.0888 e. The van der Waals surface area contributed by atoms with Gasteiger partial charge in [0.05, 0.1) is 10.2 Å². The van der Waals surface area contributed by atoms with Crippen LogP contribution in [0.2, 0.25) is 0 Å². The molecule has 0 N–H and O–H groups in total. The third-order valence-electron chi connectivity index (χ3n) is 16.4. The zero-order chi connectivity index (χ0) is 55.5. The predicted octanol–water partition coefficient (Wildman–Crippen LogP) is 22.8. The van der Waals surface area contributed by atoms with Crippen molar-refractivity contribution in [2.45, 2.75) is 0 Å². The largest absolute Gasteiger partial charge is 0.311 e. The summed E-state index contributed by atoms with van der Waals surface area (Å²) in [6, 6.07) is 104. The summed E-state index contributed by atoms with van der Waals surface area (Å²) in [7, 11) is 0. The van der Waals surface area contributed by atoms with E-state index in [0.717, 1.165) is 73.0 Å². The minimum Gasteiger partial charge on any atom is -0.311 e. The summed E-state index contributed by atoms with van der Waals surface area (Å²) < 4.78 is 5.00. The van der Waals surface area contributed by atoms with Crippen molar-refractivity contribution in [1.29, 1.82) is 0 Å². The Balaban J connectivity index is 0.690. The fourth-order valence-corrected chi connectivity index (χ4v) is 14.5. The number of hydrogen-bond donors (Lipinski definition) is 0. The van der Waals surface area contributed by atoms with Gasteiger partial charge < -0.3 is 9.80 Å². The number of pyridine rings is 2. The monoisotopic (exact) mass is 1110 g/mol. The van der Waals surface area contributed by atoms with Crippen LogP contribution < -0.4 is 9.80 Å². The molecule has 0 bridgehead atoms. The summed E-state index contributed by atoms with van der Waals surface area (Å²) in [6.07, 6.45) is 6.01. The maximum absolute atomic E-state index is 4.96. The van der Waals surface area contributed by atoms with E-state index in [9.17, 15) is 0 Å². The van der Waals surface area contributed by atoms with Gasteiger partial charge in [0.2, 0.25) is 0 Å². The molecule has 4 aromatic heterocycles. The number of nitrogens with zero attached hydrogens (tertiary/aromatic N) is 4. The molecule has 0 atom stereocenters. The topological polar surface area (TPSA) is 32.3 Å². The summed E-state index contributed by atoms with van der Waals surface area (Å²) in [5, 5.41) is 8.56. The lowest BCUT2D eigenvalue weighted by Crippen LogP contribution is -2.09. The first-order chi connectivity index (χ1) is 41.6. The molecule has 4 heterocycles. The van der Waals surface area contributed by atoms with Crippen LogP contribution in [0.1, 0.15) is 0 Å². The van der Waals surface area contributed by atoms with E-state index in [2.05, 4.69) is 300 Å². The highest BCUT2D eigenvalue weighted by molar-refractivity contribution is 7.26. The number of rotatable bonds is 11. The van der Waals surface area contributed by atoms with Gasteiger partial charge in [-0.25, -0.2) is 0 Å². The van der Waals surface area contributed by atoms with Gasteiger partial charge in [-0.3, -0.25) is 9.97 Å². The SMILES string of the molecule is c1ccc(N(c2ccc(-c3ccc4c(-c5ccc(N(c6ccc(-c7ccc8ccccc8c7)cc6)c6ccc(-c7cnc8c(c7)sc7ccccc78)cc6)cc5)cccc4c3)cc2)c2ccc(-c3cncc4c3sc3ccccc34)cc2)cc1. The van der Waals surface area contributed by atoms with Crippen LogP contribution in [-0.4, -0.2) is 9.97 Å². The summed E-state index contributed by atoms with van der Waals surface area (Å²) in [6.45, 7) is 0. The number of aromatic nitrogens is 2. The first-order valence-corrected chi connectivity index (χ1v) is 30.0. The van der Waals surface area contributed by atoms with Gasteiger partial charge >= 0.3 is 0 Å². The van der Waals surface area contributed by atoms with E-state index in [1.807, 2.05) is 29.9 Å². The Morgan fingerprint density at radius 3 is 1.37 bits per heavy atom. The lowest BCUT2D eigenvalue weighted by molar-refractivity contribution is 1.28. The molecular formula is C78H50N4S2. The minimum absolute atomic E-state index is 1.06. The summed E-state index contributed by atoms with van der Waals surface area (Å²) in [5.41, 5.74) is 19.2. The maximum atomic E-state index is 4.96. The Labute approximate surface area is 494 Å². The normalized spacial score (nSPS) is 11.6. The molecule has 0 saturated heterocycles. The van der Waals surface area contributed by atoms with Crippen LogP contribution in [0, 0.1) is 0 Å². The molecule has 394 valence electrons. The zero-order valence-corrected chi connectivity index (χ0v) is 47.1. The number of thiophene rings is 2. The molecule has 0 aliphatic heterocycles. The second kappa shape index (κ2) is 20.8. The van der Waals surface area contributed by atoms with Gasteiger partial charge in [0, 0.05) is 94.1 Å². The van der Waals surface area contributed by atoms with Crippen molar-refractivity contribution in [1.82, 2.24) is 9.97 Å². The number of fused-ring (bicyclic) bond motifs is 8. The third kappa shape index (κ3) is 8.93. The van der Waals surface area contributed by atoms with Crippen LogP contribution in [-0.2, 0) is 0 Å². The van der Waals surface area contributed by atoms with Crippen LogP contribution in [0.5, 0.6) is 0 Å². The molecule has 0 radical (unpaired) electrons. The van der Waals surface area contributed by atoms with Gasteiger partial charge in [0.1, 0.15) is 0 Å². The summed E-state index contributed by atoms with van der Waals surface area (Å²) in [5.74, 6) is 0. The van der Waals surface area contributed by atoms with E-state index in [1.54, 1.807) is 11.3 Å². The first-order valence-electron chi connectivity index (χ1n) is 28.3. The van der Waals surface area contributed by atoms with E-state index in [0.29, 0.717) is 0 Å². The van der Waals surface area contributed by atoms with E-state index in [1.165, 1.54) is 78.8 Å². The number of anilines is 6. The van der Waals surface area contributed by atoms with Gasteiger partial charge in [-0.1, -0.05) is 182 Å².